The van der Waals surface area contributed by atoms with Crippen molar-refractivity contribution in [1.82, 2.24) is 0 Å². The van der Waals surface area contributed by atoms with Gasteiger partial charge in [0.1, 0.15) is 5.75 Å². The maximum absolute atomic E-state index is 11.9. The Morgan fingerprint density at radius 3 is 2.50 bits per heavy atom. The van der Waals surface area contributed by atoms with E-state index in [0.29, 0.717) is 0 Å². The Bertz CT molecular complexity index is 678. The highest BCUT2D eigenvalue weighted by molar-refractivity contribution is 6.08. The van der Waals surface area contributed by atoms with Crippen molar-refractivity contribution in [3.8, 4) is 5.75 Å². The molecule has 5 heteroatoms. The summed E-state index contributed by atoms with van der Waals surface area (Å²) in [6, 6.07) is 12.5. The smallest absolute Gasteiger partial charge is 0.270 e. The number of phenols is 1. The van der Waals surface area contributed by atoms with Crippen molar-refractivity contribution in [3.63, 3.8) is 0 Å². The van der Waals surface area contributed by atoms with E-state index in [1.165, 1.54) is 6.08 Å². The second-order valence-electron chi connectivity index (χ2n) is 4.07. The second-order valence-corrected chi connectivity index (χ2v) is 4.07. The van der Waals surface area contributed by atoms with Crippen molar-refractivity contribution in [2.24, 2.45) is 0 Å². The first-order valence-corrected chi connectivity index (χ1v) is 5.83. The van der Waals surface area contributed by atoms with Gasteiger partial charge in [-0.2, -0.15) is 0 Å². The highest BCUT2D eigenvalue weighted by atomic mass is 16.6. The zero-order chi connectivity index (χ0) is 14.5. The third-order valence-corrected chi connectivity index (χ3v) is 2.68. The van der Waals surface area contributed by atoms with E-state index in [2.05, 4.69) is 0 Å². The molecule has 5 nitrogen and oxygen atoms in total. The van der Waals surface area contributed by atoms with Gasteiger partial charge in [0.25, 0.3) is 5.69 Å². The molecule has 0 heterocycles. The number of aromatic hydroxyl groups is 1. The van der Waals surface area contributed by atoms with Gasteiger partial charge in [-0.25, -0.2) is 0 Å². The first-order valence-electron chi connectivity index (χ1n) is 5.83. The minimum Gasteiger partial charge on any atom is -0.507 e. The highest BCUT2D eigenvalue weighted by Crippen LogP contribution is 2.23. The molecule has 0 fully saturated rings. The van der Waals surface area contributed by atoms with Crippen LogP contribution in [0.3, 0.4) is 0 Å². The van der Waals surface area contributed by atoms with Gasteiger partial charge < -0.3 is 5.11 Å². The number of nitrogens with zero attached hydrogens (tertiary/aromatic N) is 1. The minimum atomic E-state index is -0.614. The molecule has 100 valence electrons. The fraction of sp³-hybridized carbons (Fsp3) is 0. The molecule has 2 aromatic carbocycles. The molecule has 0 atom stereocenters. The van der Waals surface area contributed by atoms with Crippen LogP contribution in [-0.4, -0.2) is 15.8 Å². The Labute approximate surface area is 115 Å². The van der Waals surface area contributed by atoms with Crippen LogP contribution in [0.5, 0.6) is 5.75 Å². The summed E-state index contributed by atoms with van der Waals surface area (Å²) in [5, 5.41) is 20.3. The zero-order valence-corrected chi connectivity index (χ0v) is 10.4. The number of rotatable bonds is 4. The normalized spacial score (nSPS) is 10.6. The van der Waals surface area contributed by atoms with Gasteiger partial charge in [-0.1, -0.05) is 36.4 Å². The number of hydrogen-bond donors (Lipinski definition) is 1. The van der Waals surface area contributed by atoms with Crippen molar-refractivity contribution in [3.05, 3.63) is 75.8 Å². The largest absolute Gasteiger partial charge is 0.507 e. The van der Waals surface area contributed by atoms with Gasteiger partial charge in [0, 0.05) is 12.1 Å². The van der Waals surface area contributed by atoms with Crippen molar-refractivity contribution in [1.29, 1.82) is 0 Å². The van der Waals surface area contributed by atoms with Crippen LogP contribution in [0.2, 0.25) is 0 Å². The topological polar surface area (TPSA) is 80.4 Å². The fourth-order valence-electron chi connectivity index (χ4n) is 1.66. The van der Waals surface area contributed by atoms with Gasteiger partial charge in [0.15, 0.2) is 5.78 Å². The van der Waals surface area contributed by atoms with Crippen LogP contribution in [-0.2, 0) is 0 Å². The summed E-state index contributed by atoms with van der Waals surface area (Å²) in [7, 11) is 0. The molecule has 2 aromatic rings. The Morgan fingerprint density at radius 2 is 1.85 bits per heavy atom. The SMILES string of the molecule is O=C(/C=C/c1ccccc1)c1cc([N+](=O)[O-])ccc1O. The van der Waals surface area contributed by atoms with Gasteiger partial charge in [-0.15, -0.1) is 0 Å². The molecule has 0 bridgehead atoms. The molecule has 0 aliphatic heterocycles. The molecule has 0 saturated carbocycles. The number of phenolic OH excluding ortho intramolecular Hbond substituents is 1. The summed E-state index contributed by atoms with van der Waals surface area (Å²) >= 11 is 0. The van der Waals surface area contributed by atoms with Crippen LogP contribution in [0.25, 0.3) is 6.08 Å². The van der Waals surface area contributed by atoms with Crippen LogP contribution in [0.4, 0.5) is 5.69 Å². The van der Waals surface area contributed by atoms with Crippen LogP contribution in [0, 0.1) is 10.1 Å². The third kappa shape index (κ3) is 3.08. The molecule has 0 aromatic heterocycles. The molecule has 0 aliphatic rings. The summed E-state index contributed by atoms with van der Waals surface area (Å²) in [6.45, 7) is 0. The van der Waals surface area contributed by atoms with Gasteiger partial charge >= 0.3 is 0 Å². The molecule has 0 spiro atoms. The van der Waals surface area contributed by atoms with E-state index < -0.39 is 10.7 Å². The number of nitro groups is 1. The molecule has 0 saturated heterocycles. The average Bonchev–Trinajstić information content (AvgIpc) is 2.46. The van der Waals surface area contributed by atoms with E-state index in [1.807, 2.05) is 30.3 Å². The van der Waals surface area contributed by atoms with Gasteiger partial charge in [-0.05, 0) is 17.7 Å². The maximum Gasteiger partial charge on any atom is 0.270 e. The Balaban J connectivity index is 2.27. The van der Waals surface area contributed by atoms with E-state index in [0.717, 1.165) is 23.8 Å². The van der Waals surface area contributed by atoms with Crippen LogP contribution in [0.15, 0.2) is 54.6 Å². The number of carbonyl (C=O) groups excluding carboxylic acids is 1. The monoisotopic (exact) mass is 269 g/mol. The summed E-state index contributed by atoms with van der Waals surface area (Å²) in [5.74, 6) is -0.770. The summed E-state index contributed by atoms with van der Waals surface area (Å²) in [4.78, 5) is 22.0. The highest BCUT2D eigenvalue weighted by Gasteiger charge is 2.14. The lowest BCUT2D eigenvalue weighted by molar-refractivity contribution is -0.384. The van der Waals surface area contributed by atoms with Crippen LogP contribution < -0.4 is 0 Å². The molecular formula is C15H11NO4. The van der Waals surface area contributed by atoms with E-state index in [1.54, 1.807) is 6.08 Å². The Kier molecular flexibility index (Phi) is 3.91. The van der Waals surface area contributed by atoms with Crippen LogP contribution >= 0.6 is 0 Å². The molecule has 0 aliphatic carbocycles. The summed E-state index contributed by atoms with van der Waals surface area (Å²) in [6.07, 6.45) is 2.86. The first kappa shape index (κ1) is 13.5. The van der Waals surface area contributed by atoms with Crippen molar-refractivity contribution >= 4 is 17.5 Å². The number of non-ortho nitro benzene ring substituents is 1. The number of ketones is 1. The standard InChI is InChI=1S/C15H11NO4/c17-14(8-6-11-4-2-1-3-5-11)13-10-12(16(19)20)7-9-15(13)18/h1-10,18H/b8-6+. The van der Waals surface area contributed by atoms with E-state index in [-0.39, 0.29) is 17.0 Å². The quantitative estimate of drug-likeness (QED) is 0.400. The first-order chi connectivity index (χ1) is 9.58. The van der Waals surface area contributed by atoms with Gasteiger partial charge in [0.05, 0.1) is 10.5 Å². The second kappa shape index (κ2) is 5.79. The molecule has 20 heavy (non-hydrogen) atoms. The lowest BCUT2D eigenvalue weighted by Gasteiger charge is -2.00. The molecular weight excluding hydrogens is 258 g/mol. The molecule has 0 unspecified atom stereocenters. The van der Waals surface area contributed by atoms with Crippen molar-refractivity contribution in [2.45, 2.75) is 0 Å². The summed E-state index contributed by atoms with van der Waals surface area (Å²) in [5.41, 5.74) is 0.497. The lowest BCUT2D eigenvalue weighted by atomic mass is 10.1. The lowest BCUT2D eigenvalue weighted by Crippen LogP contribution is -1.97. The fourth-order valence-corrected chi connectivity index (χ4v) is 1.66. The van der Waals surface area contributed by atoms with E-state index in [4.69, 9.17) is 0 Å². The van der Waals surface area contributed by atoms with E-state index in [9.17, 15) is 20.0 Å². The Morgan fingerprint density at radius 1 is 1.15 bits per heavy atom. The van der Waals surface area contributed by atoms with Gasteiger partial charge in [0.2, 0.25) is 0 Å². The molecule has 2 rings (SSSR count). The number of nitro benzene ring substituents is 1. The third-order valence-electron chi connectivity index (χ3n) is 2.68. The number of allylic oxidation sites excluding steroid dienone is 1. The van der Waals surface area contributed by atoms with Crippen molar-refractivity contribution in [2.75, 3.05) is 0 Å². The van der Waals surface area contributed by atoms with Crippen molar-refractivity contribution < 1.29 is 14.8 Å². The number of carbonyl (C=O) groups is 1. The molecule has 0 amide bonds. The maximum atomic E-state index is 11.9. The molecule has 1 N–H and O–H groups in total. The summed E-state index contributed by atoms with van der Waals surface area (Å²) < 4.78 is 0. The molecule has 0 radical (unpaired) electrons. The van der Waals surface area contributed by atoms with Crippen LogP contribution in [0.1, 0.15) is 15.9 Å². The predicted octanol–water partition coefficient (Wildman–Crippen LogP) is 3.20. The average molecular weight is 269 g/mol. The Hall–Kier alpha value is -2.95. The predicted molar refractivity (Wildman–Crippen MR) is 74.6 cm³/mol. The zero-order valence-electron chi connectivity index (χ0n) is 10.4. The number of benzene rings is 2. The minimum absolute atomic E-state index is 0.0913. The van der Waals surface area contributed by atoms with E-state index >= 15 is 0 Å². The number of hydrogen-bond acceptors (Lipinski definition) is 4. The van der Waals surface area contributed by atoms with Gasteiger partial charge in [-0.3, -0.25) is 14.9 Å².